The predicted molar refractivity (Wildman–Crippen MR) is 105 cm³/mol. The van der Waals surface area contributed by atoms with Crippen molar-refractivity contribution in [1.29, 1.82) is 0 Å². The van der Waals surface area contributed by atoms with Crippen LogP contribution in [0.1, 0.15) is 26.2 Å². The summed E-state index contributed by atoms with van der Waals surface area (Å²) in [6, 6.07) is 8.95. The van der Waals surface area contributed by atoms with E-state index in [-0.39, 0.29) is 12.2 Å². The largest absolute Gasteiger partial charge is 0.395 e. The molecule has 0 radical (unpaired) electrons. The van der Waals surface area contributed by atoms with Crippen LogP contribution < -0.4 is 10.9 Å². The van der Waals surface area contributed by atoms with Gasteiger partial charge in [-0.2, -0.15) is 0 Å². The number of rotatable bonds is 8. The van der Waals surface area contributed by atoms with E-state index in [9.17, 15) is 4.79 Å². The molecule has 0 unspecified atom stereocenters. The van der Waals surface area contributed by atoms with Crippen LogP contribution in [0, 0.1) is 0 Å². The highest BCUT2D eigenvalue weighted by molar-refractivity contribution is 6.30. The van der Waals surface area contributed by atoms with Gasteiger partial charge in [-0.3, -0.25) is 13.8 Å². The Morgan fingerprint density at radius 1 is 1.23 bits per heavy atom. The lowest BCUT2D eigenvalue weighted by atomic mass is 10.2. The fraction of sp³-hybridized carbons (Fsp3) is 0.368. The van der Waals surface area contributed by atoms with Crippen molar-refractivity contribution in [2.75, 3.05) is 18.5 Å². The van der Waals surface area contributed by atoms with E-state index >= 15 is 0 Å². The summed E-state index contributed by atoms with van der Waals surface area (Å²) in [4.78, 5) is 17.2. The fourth-order valence-corrected chi connectivity index (χ4v) is 3.05. The van der Waals surface area contributed by atoms with Gasteiger partial charge in [0.05, 0.1) is 12.3 Å². The molecule has 3 aromatic rings. The molecule has 0 aliphatic carbocycles. The number of unbranched alkanes of at least 4 members (excludes halogenated alkanes) is 2. The Morgan fingerprint density at radius 3 is 2.69 bits per heavy atom. The van der Waals surface area contributed by atoms with Crippen LogP contribution in [-0.4, -0.2) is 32.2 Å². The number of aryl methyl sites for hydroxylation is 1. The van der Waals surface area contributed by atoms with Gasteiger partial charge in [0, 0.05) is 35.9 Å². The number of fused-ring (bicyclic) bond motifs is 1. The molecule has 138 valence electrons. The van der Waals surface area contributed by atoms with E-state index < -0.39 is 0 Å². The SMILES string of the molecule is CCCCCn1c(NCCO)cc(=O)n2cc(-c3ccc(Cl)cc3)nc12. The molecule has 3 rings (SSSR count). The first kappa shape index (κ1) is 18.5. The summed E-state index contributed by atoms with van der Waals surface area (Å²) in [7, 11) is 0. The van der Waals surface area contributed by atoms with Gasteiger partial charge < -0.3 is 10.4 Å². The van der Waals surface area contributed by atoms with E-state index in [1.54, 1.807) is 16.7 Å². The molecule has 2 N–H and O–H groups in total. The first-order valence-corrected chi connectivity index (χ1v) is 9.25. The Labute approximate surface area is 157 Å². The van der Waals surface area contributed by atoms with Gasteiger partial charge in [-0.25, -0.2) is 4.98 Å². The Balaban J connectivity index is 2.09. The van der Waals surface area contributed by atoms with Gasteiger partial charge in [-0.15, -0.1) is 0 Å². The highest BCUT2D eigenvalue weighted by Crippen LogP contribution is 2.22. The fourth-order valence-electron chi connectivity index (χ4n) is 2.93. The molecule has 1 aromatic carbocycles. The van der Waals surface area contributed by atoms with Crippen molar-refractivity contribution in [3.63, 3.8) is 0 Å². The molecule has 0 aliphatic heterocycles. The minimum atomic E-state index is -0.153. The Kier molecular flexibility index (Phi) is 5.96. The average Bonchev–Trinajstić information content (AvgIpc) is 3.08. The van der Waals surface area contributed by atoms with E-state index in [0.717, 1.165) is 37.1 Å². The second-order valence-electron chi connectivity index (χ2n) is 6.18. The third-order valence-corrected chi connectivity index (χ3v) is 4.51. The lowest BCUT2D eigenvalue weighted by Crippen LogP contribution is -2.21. The molecule has 0 spiro atoms. The van der Waals surface area contributed by atoms with Crippen molar-refractivity contribution in [2.45, 2.75) is 32.7 Å². The molecular weight excluding hydrogens is 352 g/mol. The van der Waals surface area contributed by atoms with Crippen LogP contribution in [0.25, 0.3) is 17.0 Å². The lowest BCUT2D eigenvalue weighted by Gasteiger charge is -2.15. The predicted octanol–water partition coefficient (Wildman–Crippen LogP) is 3.41. The third kappa shape index (κ3) is 3.92. The number of nitrogens with one attached hydrogen (secondary N) is 1. The summed E-state index contributed by atoms with van der Waals surface area (Å²) >= 11 is 5.96. The zero-order valence-electron chi connectivity index (χ0n) is 14.8. The van der Waals surface area contributed by atoms with Crippen LogP contribution in [0.4, 0.5) is 5.82 Å². The molecule has 0 bridgehead atoms. The van der Waals surface area contributed by atoms with E-state index in [0.29, 0.717) is 23.2 Å². The zero-order valence-corrected chi connectivity index (χ0v) is 15.5. The maximum Gasteiger partial charge on any atom is 0.261 e. The number of halogens is 1. The first-order valence-electron chi connectivity index (χ1n) is 8.87. The smallest absolute Gasteiger partial charge is 0.261 e. The maximum absolute atomic E-state index is 12.5. The van der Waals surface area contributed by atoms with Crippen LogP contribution in [0.15, 0.2) is 41.3 Å². The van der Waals surface area contributed by atoms with Crippen molar-refractivity contribution in [3.8, 4) is 11.3 Å². The highest BCUT2D eigenvalue weighted by atomic mass is 35.5. The molecule has 0 saturated heterocycles. The van der Waals surface area contributed by atoms with Crippen LogP contribution in [-0.2, 0) is 6.54 Å². The molecule has 2 aromatic heterocycles. The summed E-state index contributed by atoms with van der Waals surface area (Å²) in [5.74, 6) is 1.28. The maximum atomic E-state index is 12.5. The number of anilines is 1. The molecule has 0 saturated carbocycles. The van der Waals surface area contributed by atoms with Crippen molar-refractivity contribution in [3.05, 3.63) is 51.9 Å². The number of benzene rings is 1. The van der Waals surface area contributed by atoms with Gasteiger partial charge in [-0.1, -0.05) is 43.5 Å². The van der Waals surface area contributed by atoms with Gasteiger partial charge >= 0.3 is 0 Å². The minimum Gasteiger partial charge on any atom is -0.395 e. The third-order valence-electron chi connectivity index (χ3n) is 4.26. The van der Waals surface area contributed by atoms with Crippen molar-refractivity contribution < 1.29 is 5.11 Å². The number of aliphatic hydroxyl groups excluding tert-OH is 1. The Morgan fingerprint density at radius 2 is 2.00 bits per heavy atom. The number of nitrogens with zero attached hydrogens (tertiary/aromatic N) is 3. The van der Waals surface area contributed by atoms with E-state index in [2.05, 4.69) is 12.2 Å². The van der Waals surface area contributed by atoms with Gasteiger partial charge in [0.2, 0.25) is 5.78 Å². The standard InChI is InChI=1S/C19H23ClN4O2/c1-2-3-4-10-23-17(21-9-11-25)12-18(26)24-13-16(22-19(23)24)14-5-7-15(20)8-6-14/h5-8,12-13,21,25H,2-4,9-11H2,1H3. The lowest BCUT2D eigenvalue weighted by molar-refractivity contribution is 0.310. The molecule has 26 heavy (non-hydrogen) atoms. The van der Waals surface area contributed by atoms with E-state index in [1.165, 1.54) is 0 Å². The van der Waals surface area contributed by atoms with Gasteiger partial charge in [-0.05, 0) is 18.6 Å². The number of aromatic nitrogens is 3. The molecule has 2 heterocycles. The van der Waals surface area contributed by atoms with Gasteiger partial charge in [0.1, 0.15) is 5.82 Å². The van der Waals surface area contributed by atoms with Crippen molar-refractivity contribution in [1.82, 2.24) is 14.0 Å². The van der Waals surface area contributed by atoms with Crippen molar-refractivity contribution in [2.24, 2.45) is 0 Å². The Bertz CT molecular complexity index is 931. The topological polar surface area (TPSA) is 71.6 Å². The number of hydrogen-bond donors (Lipinski definition) is 2. The molecule has 0 fully saturated rings. The van der Waals surface area contributed by atoms with Crippen LogP contribution in [0.3, 0.4) is 0 Å². The number of aliphatic hydroxyl groups is 1. The zero-order chi connectivity index (χ0) is 18.5. The molecule has 0 atom stereocenters. The minimum absolute atomic E-state index is 0.00119. The molecule has 0 amide bonds. The summed E-state index contributed by atoms with van der Waals surface area (Å²) in [6.07, 6.45) is 4.96. The van der Waals surface area contributed by atoms with Gasteiger partial charge in [0.25, 0.3) is 5.56 Å². The van der Waals surface area contributed by atoms with E-state index in [4.69, 9.17) is 21.7 Å². The Hall–Kier alpha value is -2.31. The second-order valence-corrected chi connectivity index (χ2v) is 6.62. The van der Waals surface area contributed by atoms with Crippen LogP contribution in [0.2, 0.25) is 5.02 Å². The normalized spacial score (nSPS) is 11.2. The summed E-state index contributed by atoms with van der Waals surface area (Å²) in [5.41, 5.74) is 1.48. The second kappa shape index (κ2) is 8.38. The summed E-state index contributed by atoms with van der Waals surface area (Å²) in [6.45, 7) is 3.29. The van der Waals surface area contributed by atoms with Crippen molar-refractivity contribution >= 4 is 23.2 Å². The molecular formula is C19H23ClN4O2. The number of hydrogen-bond acceptors (Lipinski definition) is 4. The summed E-state index contributed by atoms with van der Waals surface area (Å²) < 4.78 is 3.58. The molecule has 0 aliphatic rings. The highest BCUT2D eigenvalue weighted by Gasteiger charge is 2.13. The number of imidazole rings is 1. The van der Waals surface area contributed by atoms with E-state index in [1.807, 2.05) is 28.8 Å². The summed E-state index contributed by atoms with van der Waals surface area (Å²) in [5, 5.41) is 12.9. The monoisotopic (exact) mass is 374 g/mol. The molecule has 7 heteroatoms. The molecule has 6 nitrogen and oxygen atoms in total. The van der Waals surface area contributed by atoms with Crippen LogP contribution in [0.5, 0.6) is 0 Å². The quantitative estimate of drug-likeness (QED) is 0.593. The first-order chi connectivity index (χ1) is 12.6. The average molecular weight is 375 g/mol. The van der Waals surface area contributed by atoms with Gasteiger partial charge in [0.15, 0.2) is 0 Å². The van der Waals surface area contributed by atoms with Crippen LogP contribution >= 0.6 is 11.6 Å².